The van der Waals surface area contributed by atoms with Crippen molar-refractivity contribution in [1.29, 1.82) is 0 Å². The molecule has 0 spiro atoms. The Balaban J connectivity index is 1.91. The number of rotatable bonds is 4. The van der Waals surface area contributed by atoms with E-state index in [0.29, 0.717) is 0 Å². The molecule has 1 saturated heterocycles. The zero-order valence-electron chi connectivity index (χ0n) is 9.52. The summed E-state index contributed by atoms with van der Waals surface area (Å²) >= 11 is 0. The van der Waals surface area contributed by atoms with Gasteiger partial charge in [-0.25, -0.2) is 0 Å². The molecule has 0 bridgehead atoms. The molecular formula is C12H17N3O. The molecule has 4 heteroatoms. The Morgan fingerprint density at radius 3 is 3.19 bits per heavy atom. The Hall–Kier alpha value is -1.42. The highest BCUT2D eigenvalue weighted by Crippen LogP contribution is 2.21. The minimum atomic E-state index is 0.265. The summed E-state index contributed by atoms with van der Waals surface area (Å²) < 4.78 is 5.23. The molecule has 0 aromatic carbocycles. The lowest BCUT2D eigenvalue weighted by atomic mass is 10.2. The first-order valence-electron chi connectivity index (χ1n) is 5.74. The van der Waals surface area contributed by atoms with Crippen molar-refractivity contribution in [3.63, 3.8) is 0 Å². The van der Waals surface area contributed by atoms with Gasteiger partial charge in [0.05, 0.1) is 6.04 Å². The fourth-order valence-corrected chi connectivity index (χ4v) is 1.75. The highest BCUT2D eigenvalue weighted by molar-refractivity contribution is 5.05. The molecule has 16 heavy (non-hydrogen) atoms. The van der Waals surface area contributed by atoms with Gasteiger partial charge in [0.1, 0.15) is 0 Å². The van der Waals surface area contributed by atoms with E-state index in [-0.39, 0.29) is 6.04 Å². The van der Waals surface area contributed by atoms with Crippen LogP contribution in [0.3, 0.4) is 0 Å². The molecule has 1 atom stereocenters. The fraction of sp³-hybridized carbons (Fsp3) is 0.500. The lowest BCUT2D eigenvalue weighted by molar-refractivity contribution is 0.341. The molecule has 86 valence electrons. The number of nitrogens with zero attached hydrogens (tertiary/aromatic N) is 2. The maximum atomic E-state index is 5.23. The van der Waals surface area contributed by atoms with Crippen molar-refractivity contribution < 1.29 is 4.52 Å². The van der Waals surface area contributed by atoms with Crippen LogP contribution in [0.15, 0.2) is 28.8 Å². The van der Waals surface area contributed by atoms with Crippen LogP contribution in [0.1, 0.15) is 37.5 Å². The van der Waals surface area contributed by atoms with E-state index >= 15 is 0 Å². The van der Waals surface area contributed by atoms with Gasteiger partial charge in [0.2, 0.25) is 5.89 Å². The molecule has 1 N–H and O–H groups in total. The first-order valence-corrected chi connectivity index (χ1v) is 5.74. The van der Waals surface area contributed by atoms with Crippen LogP contribution in [-0.4, -0.2) is 16.7 Å². The van der Waals surface area contributed by atoms with E-state index in [0.717, 1.165) is 31.1 Å². The molecule has 0 aliphatic carbocycles. The SMILES string of the molecule is C/C=C\C=C/Cc1noc([C@@H]2CCCN2)n1. The van der Waals surface area contributed by atoms with Crippen molar-refractivity contribution in [1.82, 2.24) is 15.5 Å². The zero-order chi connectivity index (χ0) is 11.2. The van der Waals surface area contributed by atoms with Crippen molar-refractivity contribution in [2.24, 2.45) is 0 Å². The maximum Gasteiger partial charge on any atom is 0.243 e. The Bertz CT molecular complexity index is 375. The van der Waals surface area contributed by atoms with Crippen LogP contribution in [-0.2, 0) is 6.42 Å². The molecule has 1 aromatic rings. The van der Waals surface area contributed by atoms with Crippen molar-refractivity contribution in [2.75, 3.05) is 6.54 Å². The third-order valence-corrected chi connectivity index (χ3v) is 2.58. The van der Waals surface area contributed by atoms with Crippen molar-refractivity contribution >= 4 is 0 Å². The topological polar surface area (TPSA) is 51.0 Å². The molecule has 1 aliphatic heterocycles. The lowest BCUT2D eigenvalue weighted by Crippen LogP contribution is -2.13. The third-order valence-electron chi connectivity index (χ3n) is 2.58. The molecule has 2 heterocycles. The summed E-state index contributed by atoms with van der Waals surface area (Å²) in [5.74, 6) is 1.48. The largest absolute Gasteiger partial charge is 0.338 e. The maximum absolute atomic E-state index is 5.23. The standard InChI is InChI=1S/C12H17N3O/c1-2-3-4-5-8-11-14-12(16-15-11)10-7-6-9-13-10/h2-5,10,13H,6-9H2,1H3/b3-2-,5-4-/t10-/m0/s1. The van der Waals surface area contributed by atoms with Crippen LogP contribution in [0.2, 0.25) is 0 Å². The summed E-state index contributed by atoms with van der Waals surface area (Å²) in [5, 5.41) is 7.29. The number of aromatic nitrogens is 2. The van der Waals surface area contributed by atoms with E-state index in [1.54, 1.807) is 0 Å². The van der Waals surface area contributed by atoms with E-state index in [9.17, 15) is 0 Å². The first-order chi connectivity index (χ1) is 7.90. The number of hydrogen-bond donors (Lipinski definition) is 1. The van der Waals surface area contributed by atoms with Crippen LogP contribution in [0.4, 0.5) is 0 Å². The van der Waals surface area contributed by atoms with E-state index in [1.807, 2.05) is 31.2 Å². The third kappa shape index (κ3) is 2.79. The predicted molar refractivity (Wildman–Crippen MR) is 61.9 cm³/mol. The van der Waals surface area contributed by atoms with Gasteiger partial charge in [-0.2, -0.15) is 4.98 Å². The normalized spacial score (nSPS) is 21.4. The molecule has 0 amide bonds. The summed E-state index contributed by atoms with van der Waals surface area (Å²) in [6.45, 7) is 3.03. The van der Waals surface area contributed by atoms with Gasteiger partial charge in [0.25, 0.3) is 0 Å². The molecular weight excluding hydrogens is 202 g/mol. The molecule has 0 radical (unpaired) electrons. The van der Waals surface area contributed by atoms with E-state index in [1.165, 1.54) is 6.42 Å². The van der Waals surface area contributed by atoms with Gasteiger partial charge in [-0.1, -0.05) is 29.5 Å². The summed E-state index contributed by atoms with van der Waals surface area (Å²) in [6.07, 6.45) is 11.0. The number of hydrogen-bond acceptors (Lipinski definition) is 4. The minimum Gasteiger partial charge on any atom is -0.338 e. The zero-order valence-corrected chi connectivity index (χ0v) is 9.52. The van der Waals surface area contributed by atoms with Gasteiger partial charge in [0.15, 0.2) is 5.82 Å². The van der Waals surface area contributed by atoms with E-state index in [4.69, 9.17) is 4.52 Å². The van der Waals surface area contributed by atoms with Crippen molar-refractivity contribution in [3.05, 3.63) is 36.0 Å². The molecule has 0 unspecified atom stereocenters. The van der Waals surface area contributed by atoms with Gasteiger partial charge >= 0.3 is 0 Å². The lowest BCUT2D eigenvalue weighted by Gasteiger charge is -2.01. The summed E-state index contributed by atoms with van der Waals surface area (Å²) in [5.41, 5.74) is 0. The van der Waals surface area contributed by atoms with Crippen LogP contribution in [0.25, 0.3) is 0 Å². The Morgan fingerprint density at radius 1 is 1.50 bits per heavy atom. The van der Waals surface area contributed by atoms with Crippen LogP contribution in [0.5, 0.6) is 0 Å². The highest BCUT2D eigenvalue weighted by Gasteiger charge is 2.21. The average Bonchev–Trinajstić information content (AvgIpc) is 2.94. The number of allylic oxidation sites excluding steroid dienone is 4. The smallest absolute Gasteiger partial charge is 0.243 e. The monoisotopic (exact) mass is 219 g/mol. The van der Waals surface area contributed by atoms with Gasteiger partial charge in [-0.05, 0) is 26.3 Å². The summed E-state index contributed by atoms with van der Waals surface area (Å²) in [6, 6.07) is 0.265. The average molecular weight is 219 g/mol. The van der Waals surface area contributed by atoms with Gasteiger partial charge < -0.3 is 9.84 Å². The van der Waals surface area contributed by atoms with Gasteiger partial charge in [-0.15, -0.1) is 0 Å². The van der Waals surface area contributed by atoms with Gasteiger partial charge in [0, 0.05) is 6.42 Å². The van der Waals surface area contributed by atoms with E-state index in [2.05, 4.69) is 15.5 Å². The second-order valence-electron chi connectivity index (χ2n) is 3.86. The Kier molecular flexibility index (Phi) is 3.88. The second kappa shape index (κ2) is 5.61. The van der Waals surface area contributed by atoms with E-state index < -0.39 is 0 Å². The quantitative estimate of drug-likeness (QED) is 0.788. The Labute approximate surface area is 95.4 Å². The predicted octanol–water partition coefficient (Wildman–Crippen LogP) is 2.17. The molecule has 0 saturated carbocycles. The Morgan fingerprint density at radius 2 is 2.44 bits per heavy atom. The van der Waals surface area contributed by atoms with Crippen molar-refractivity contribution in [3.8, 4) is 0 Å². The van der Waals surface area contributed by atoms with Gasteiger partial charge in [-0.3, -0.25) is 0 Å². The van der Waals surface area contributed by atoms with Crippen LogP contribution >= 0.6 is 0 Å². The molecule has 4 nitrogen and oxygen atoms in total. The highest BCUT2D eigenvalue weighted by atomic mass is 16.5. The van der Waals surface area contributed by atoms with Crippen LogP contribution < -0.4 is 5.32 Å². The fourth-order valence-electron chi connectivity index (χ4n) is 1.75. The molecule has 1 aromatic heterocycles. The molecule has 1 fully saturated rings. The minimum absolute atomic E-state index is 0.265. The van der Waals surface area contributed by atoms with Crippen LogP contribution in [0, 0.1) is 0 Å². The first kappa shape index (κ1) is 11.1. The number of nitrogens with one attached hydrogen (secondary N) is 1. The molecule has 2 rings (SSSR count). The van der Waals surface area contributed by atoms with Crippen molar-refractivity contribution in [2.45, 2.75) is 32.2 Å². The summed E-state index contributed by atoms with van der Waals surface area (Å²) in [4.78, 5) is 4.37. The second-order valence-corrected chi connectivity index (χ2v) is 3.86. The molecule has 1 aliphatic rings. The summed E-state index contributed by atoms with van der Waals surface area (Å²) in [7, 11) is 0.